The van der Waals surface area contributed by atoms with Crippen LogP contribution in [0.1, 0.15) is 25.7 Å². The summed E-state index contributed by atoms with van der Waals surface area (Å²) in [5, 5.41) is 17.9. The van der Waals surface area contributed by atoms with E-state index >= 15 is 0 Å². The molecular weight excluding hydrogens is 308 g/mol. The number of carbonyl (C=O) groups excluding carboxylic acids is 2. The lowest BCUT2D eigenvalue weighted by Gasteiger charge is -2.18. The minimum atomic E-state index is -0.227. The number of rotatable bonds is 15. The Labute approximate surface area is 146 Å². The first-order chi connectivity index (χ1) is 11.6. The molecule has 0 aliphatic heterocycles. The van der Waals surface area contributed by atoms with E-state index in [0.717, 1.165) is 32.4 Å². The van der Waals surface area contributed by atoms with Crippen LogP contribution >= 0.6 is 0 Å². The zero-order chi connectivity index (χ0) is 18.2. The van der Waals surface area contributed by atoms with Gasteiger partial charge in [0.05, 0.1) is 12.1 Å². The highest BCUT2D eigenvalue weighted by Crippen LogP contribution is 1.99. The Hall–Kier alpha value is -1.22. The van der Waals surface area contributed by atoms with Crippen LogP contribution in [0.25, 0.3) is 0 Å². The van der Waals surface area contributed by atoms with E-state index in [2.05, 4.69) is 31.9 Å². The Balaban J connectivity index is 3.98. The van der Waals surface area contributed by atoms with E-state index in [1.807, 2.05) is 14.1 Å². The van der Waals surface area contributed by atoms with Gasteiger partial charge in [-0.25, -0.2) is 0 Å². The highest BCUT2D eigenvalue weighted by atomic mass is 16.2. The van der Waals surface area contributed by atoms with Crippen molar-refractivity contribution in [3.63, 3.8) is 0 Å². The monoisotopic (exact) mass is 344 g/mol. The second-order valence-electron chi connectivity index (χ2n) is 5.76. The average molecular weight is 345 g/mol. The molecule has 0 aliphatic carbocycles. The second kappa shape index (κ2) is 15.3. The maximum atomic E-state index is 12.1. The normalized spacial score (nSPS) is 13.3. The molecule has 6 N–H and O–H groups in total. The van der Waals surface area contributed by atoms with Gasteiger partial charge in [-0.05, 0) is 60.4 Å². The van der Waals surface area contributed by atoms with Gasteiger partial charge in [-0.2, -0.15) is 0 Å². The Morgan fingerprint density at radius 1 is 0.667 bits per heavy atom. The van der Waals surface area contributed by atoms with Crippen LogP contribution in [0.15, 0.2) is 0 Å². The van der Waals surface area contributed by atoms with Crippen molar-refractivity contribution in [3.05, 3.63) is 0 Å². The molecule has 0 aromatic rings. The lowest BCUT2D eigenvalue weighted by Crippen LogP contribution is -2.45. The highest BCUT2D eigenvalue weighted by Gasteiger charge is 2.17. The molecule has 0 aromatic carbocycles. The van der Waals surface area contributed by atoms with E-state index in [4.69, 9.17) is 0 Å². The van der Waals surface area contributed by atoms with Crippen molar-refractivity contribution >= 4 is 11.8 Å². The number of likely N-dealkylation sites (N-methyl/N-ethyl adjacent to an activating group) is 3. The van der Waals surface area contributed by atoms with E-state index in [1.54, 1.807) is 14.1 Å². The molecule has 8 heteroatoms. The first-order valence-electron chi connectivity index (χ1n) is 8.79. The summed E-state index contributed by atoms with van der Waals surface area (Å²) in [5.74, 6) is 0.0207. The minimum absolute atomic E-state index is 0.000700. The minimum Gasteiger partial charge on any atom is -0.355 e. The Morgan fingerprint density at radius 2 is 1.12 bits per heavy atom. The van der Waals surface area contributed by atoms with E-state index in [1.165, 1.54) is 0 Å². The van der Waals surface area contributed by atoms with Gasteiger partial charge < -0.3 is 31.9 Å². The summed E-state index contributed by atoms with van der Waals surface area (Å²) in [7, 11) is 7.33. The molecule has 0 heterocycles. The van der Waals surface area contributed by atoms with Crippen LogP contribution in [-0.2, 0) is 9.59 Å². The Kier molecular flexibility index (Phi) is 14.5. The van der Waals surface area contributed by atoms with Gasteiger partial charge in [0.1, 0.15) is 0 Å². The number of hydrogen-bond acceptors (Lipinski definition) is 6. The molecule has 0 aliphatic rings. The van der Waals surface area contributed by atoms with Crippen molar-refractivity contribution in [3.8, 4) is 0 Å². The predicted molar refractivity (Wildman–Crippen MR) is 98.0 cm³/mol. The average Bonchev–Trinajstić information content (AvgIpc) is 2.58. The lowest BCUT2D eigenvalue weighted by atomic mass is 10.1. The maximum Gasteiger partial charge on any atom is 0.237 e. The zero-order valence-electron chi connectivity index (χ0n) is 15.6. The summed E-state index contributed by atoms with van der Waals surface area (Å²) in [6.07, 6.45) is 3.19. The van der Waals surface area contributed by atoms with Crippen molar-refractivity contribution < 1.29 is 9.59 Å². The Bertz CT molecular complexity index is 341. The molecule has 0 bridgehead atoms. The van der Waals surface area contributed by atoms with Crippen molar-refractivity contribution in [2.24, 2.45) is 0 Å². The predicted octanol–water partition coefficient (Wildman–Crippen LogP) is -1.61. The fourth-order valence-corrected chi connectivity index (χ4v) is 2.37. The van der Waals surface area contributed by atoms with Crippen molar-refractivity contribution in [1.29, 1.82) is 0 Å². The molecule has 0 radical (unpaired) electrons. The molecular formula is C16H36N6O2. The van der Waals surface area contributed by atoms with Gasteiger partial charge in [0.25, 0.3) is 0 Å². The van der Waals surface area contributed by atoms with Gasteiger partial charge in [0.2, 0.25) is 11.8 Å². The van der Waals surface area contributed by atoms with Gasteiger partial charge >= 0.3 is 0 Å². The van der Waals surface area contributed by atoms with Crippen LogP contribution in [0.3, 0.4) is 0 Å². The fraction of sp³-hybridized carbons (Fsp3) is 0.875. The van der Waals surface area contributed by atoms with E-state index in [-0.39, 0.29) is 23.9 Å². The van der Waals surface area contributed by atoms with Gasteiger partial charge in [-0.1, -0.05) is 0 Å². The summed E-state index contributed by atoms with van der Waals surface area (Å²) in [4.78, 5) is 24.1. The summed E-state index contributed by atoms with van der Waals surface area (Å²) >= 11 is 0. The molecule has 24 heavy (non-hydrogen) atoms. The van der Waals surface area contributed by atoms with E-state index in [0.29, 0.717) is 19.5 Å². The lowest BCUT2D eigenvalue weighted by molar-refractivity contribution is -0.123. The highest BCUT2D eigenvalue weighted by molar-refractivity contribution is 5.82. The van der Waals surface area contributed by atoms with Crippen LogP contribution in [-0.4, -0.2) is 78.3 Å². The smallest absolute Gasteiger partial charge is 0.237 e. The van der Waals surface area contributed by atoms with Crippen molar-refractivity contribution in [2.45, 2.75) is 37.8 Å². The molecule has 0 saturated carbocycles. The standard InChI is InChI=1S/C16H36N6O2/c1-17-9-5-7-13(19-3)15(23)21-10-6-8-14(20-4)16(24)22-12-11-18-2/h13-14,17-20H,5-12H2,1-4H3,(H,21,23)(H,22,24)/t13-,14-/m0/s1. The van der Waals surface area contributed by atoms with Crippen LogP contribution < -0.4 is 31.9 Å². The summed E-state index contributed by atoms with van der Waals surface area (Å²) < 4.78 is 0. The molecule has 142 valence electrons. The third kappa shape index (κ3) is 10.5. The third-order valence-electron chi connectivity index (χ3n) is 3.89. The van der Waals surface area contributed by atoms with E-state index < -0.39 is 0 Å². The van der Waals surface area contributed by atoms with Gasteiger partial charge in [-0.3, -0.25) is 9.59 Å². The molecule has 0 saturated heterocycles. The van der Waals surface area contributed by atoms with Crippen LogP contribution in [0.4, 0.5) is 0 Å². The molecule has 2 atom stereocenters. The molecule has 0 fully saturated rings. The number of hydrogen-bond donors (Lipinski definition) is 6. The van der Waals surface area contributed by atoms with E-state index in [9.17, 15) is 9.59 Å². The van der Waals surface area contributed by atoms with Crippen LogP contribution in [0.2, 0.25) is 0 Å². The van der Waals surface area contributed by atoms with Gasteiger partial charge in [-0.15, -0.1) is 0 Å². The Morgan fingerprint density at radius 3 is 1.58 bits per heavy atom. The van der Waals surface area contributed by atoms with Crippen LogP contribution in [0, 0.1) is 0 Å². The fourth-order valence-electron chi connectivity index (χ4n) is 2.37. The first kappa shape index (κ1) is 22.8. The molecule has 0 unspecified atom stereocenters. The second-order valence-corrected chi connectivity index (χ2v) is 5.76. The van der Waals surface area contributed by atoms with Gasteiger partial charge in [0.15, 0.2) is 0 Å². The molecule has 0 rings (SSSR count). The molecule has 2 amide bonds. The zero-order valence-corrected chi connectivity index (χ0v) is 15.6. The summed E-state index contributed by atoms with van der Waals surface area (Å²) in [6.45, 7) is 2.83. The molecule has 8 nitrogen and oxygen atoms in total. The SMILES string of the molecule is CNCCC[C@H](NC)C(=O)NCCC[C@H](NC)C(=O)NCCNC. The molecule has 0 spiro atoms. The number of amides is 2. The van der Waals surface area contributed by atoms with Gasteiger partial charge in [0, 0.05) is 19.6 Å². The third-order valence-corrected chi connectivity index (χ3v) is 3.89. The summed E-state index contributed by atoms with van der Waals surface area (Å²) in [5.41, 5.74) is 0. The largest absolute Gasteiger partial charge is 0.355 e. The molecule has 0 aromatic heterocycles. The topological polar surface area (TPSA) is 106 Å². The first-order valence-corrected chi connectivity index (χ1v) is 8.79. The number of nitrogens with one attached hydrogen (secondary N) is 6. The van der Waals surface area contributed by atoms with Crippen molar-refractivity contribution in [1.82, 2.24) is 31.9 Å². The van der Waals surface area contributed by atoms with Crippen molar-refractivity contribution in [2.75, 3.05) is 54.4 Å². The maximum absolute atomic E-state index is 12.1. The van der Waals surface area contributed by atoms with Crippen LogP contribution in [0.5, 0.6) is 0 Å². The quantitative estimate of drug-likeness (QED) is 0.200. The number of carbonyl (C=O) groups is 2. The summed E-state index contributed by atoms with van der Waals surface area (Å²) in [6, 6.07) is -0.391.